The van der Waals surface area contributed by atoms with E-state index in [1.165, 1.54) is 12.1 Å². The predicted octanol–water partition coefficient (Wildman–Crippen LogP) is 3.24. The molecular formula is C20H24FN3O2. The fraction of sp³-hybridized carbons (Fsp3) is 0.350. The van der Waals surface area contributed by atoms with E-state index < -0.39 is 0 Å². The maximum atomic E-state index is 13.0. The smallest absolute Gasteiger partial charge is 0.191 e. The SMILES string of the molecule is CCNC(=NCc1ccc2c(c1)OCCCO2)NCc1ccc(F)cc1. The Morgan fingerprint density at radius 1 is 1.00 bits per heavy atom. The zero-order valence-corrected chi connectivity index (χ0v) is 14.9. The van der Waals surface area contributed by atoms with Crippen LogP contribution in [-0.2, 0) is 13.1 Å². The highest BCUT2D eigenvalue weighted by Gasteiger charge is 2.10. The second-order valence-corrected chi connectivity index (χ2v) is 6.01. The van der Waals surface area contributed by atoms with E-state index in [-0.39, 0.29) is 5.82 Å². The van der Waals surface area contributed by atoms with Crippen molar-refractivity contribution in [2.24, 2.45) is 4.99 Å². The molecule has 0 saturated carbocycles. The van der Waals surface area contributed by atoms with Crippen LogP contribution in [0, 0.1) is 5.82 Å². The van der Waals surface area contributed by atoms with Crippen molar-refractivity contribution in [3.63, 3.8) is 0 Å². The molecule has 0 unspecified atom stereocenters. The summed E-state index contributed by atoms with van der Waals surface area (Å²) >= 11 is 0. The summed E-state index contributed by atoms with van der Waals surface area (Å²) in [6.45, 7) is 5.23. The van der Waals surface area contributed by atoms with Gasteiger partial charge in [0, 0.05) is 19.5 Å². The van der Waals surface area contributed by atoms with Crippen LogP contribution in [0.25, 0.3) is 0 Å². The predicted molar refractivity (Wildman–Crippen MR) is 100 cm³/mol. The van der Waals surface area contributed by atoms with Gasteiger partial charge in [-0.05, 0) is 42.3 Å². The number of nitrogens with one attached hydrogen (secondary N) is 2. The molecule has 0 aromatic heterocycles. The molecule has 1 aliphatic rings. The molecule has 0 atom stereocenters. The Hall–Kier alpha value is -2.76. The van der Waals surface area contributed by atoms with Crippen LogP contribution in [0.2, 0.25) is 0 Å². The number of fused-ring (bicyclic) bond motifs is 1. The number of guanidine groups is 1. The molecule has 138 valence electrons. The molecule has 0 bridgehead atoms. The number of halogens is 1. The molecule has 1 heterocycles. The van der Waals surface area contributed by atoms with Crippen LogP contribution in [-0.4, -0.2) is 25.7 Å². The first-order valence-electron chi connectivity index (χ1n) is 8.90. The average molecular weight is 357 g/mol. The van der Waals surface area contributed by atoms with E-state index in [1.807, 2.05) is 25.1 Å². The first kappa shape index (κ1) is 18.0. The number of nitrogens with zero attached hydrogens (tertiary/aromatic N) is 1. The lowest BCUT2D eigenvalue weighted by Gasteiger charge is -2.12. The number of aliphatic imine (C=N–C) groups is 1. The summed E-state index contributed by atoms with van der Waals surface area (Å²) in [5, 5.41) is 6.48. The summed E-state index contributed by atoms with van der Waals surface area (Å²) < 4.78 is 24.4. The van der Waals surface area contributed by atoms with Crippen molar-refractivity contribution in [1.82, 2.24) is 10.6 Å². The molecule has 0 amide bonds. The van der Waals surface area contributed by atoms with Gasteiger partial charge in [0.25, 0.3) is 0 Å². The van der Waals surface area contributed by atoms with Gasteiger partial charge in [-0.2, -0.15) is 0 Å². The minimum atomic E-state index is -0.233. The molecule has 1 aliphatic heterocycles. The highest BCUT2D eigenvalue weighted by atomic mass is 19.1. The van der Waals surface area contributed by atoms with E-state index in [4.69, 9.17) is 9.47 Å². The van der Waals surface area contributed by atoms with E-state index in [1.54, 1.807) is 12.1 Å². The van der Waals surface area contributed by atoms with E-state index in [2.05, 4.69) is 15.6 Å². The van der Waals surface area contributed by atoms with Gasteiger partial charge in [0.1, 0.15) is 5.82 Å². The Balaban J connectivity index is 1.63. The third kappa shape index (κ3) is 5.12. The highest BCUT2D eigenvalue weighted by Crippen LogP contribution is 2.30. The standard InChI is InChI=1S/C20H24FN3O2/c1-2-22-20(23-13-15-4-7-17(21)8-5-15)24-14-16-6-9-18-19(12-16)26-11-3-10-25-18/h4-9,12H,2-3,10-11,13-14H2,1H3,(H2,22,23,24). The molecule has 6 heteroatoms. The van der Waals surface area contributed by atoms with Gasteiger partial charge in [-0.3, -0.25) is 0 Å². The molecule has 0 spiro atoms. The molecular weight excluding hydrogens is 333 g/mol. The Bertz CT molecular complexity index is 747. The Morgan fingerprint density at radius 3 is 2.50 bits per heavy atom. The molecule has 0 aliphatic carbocycles. The van der Waals surface area contributed by atoms with Crippen molar-refractivity contribution in [3.05, 3.63) is 59.4 Å². The van der Waals surface area contributed by atoms with Crippen molar-refractivity contribution in [1.29, 1.82) is 0 Å². The summed E-state index contributed by atoms with van der Waals surface area (Å²) in [4.78, 5) is 4.61. The van der Waals surface area contributed by atoms with E-state index >= 15 is 0 Å². The molecule has 0 radical (unpaired) electrons. The topological polar surface area (TPSA) is 54.9 Å². The number of rotatable bonds is 5. The van der Waals surface area contributed by atoms with Crippen molar-refractivity contribution in [2.45, 2.75) is 26.4 Å². The second-order valence-electron chi connectivity index (χ2n) is 6.01. The van der Waals surface area contributed by atoms with Gasteiger partial charge in [0.15, 0.2) is 17.5 Å². The second kappa shape index (κ2) is 9.08. The van der Waals surface area contributed by atoms with Crippen LogP contribution in [0.15, 0.2) is 47.5 Å². The number of benzene rings is 2. The van der Waals surface area contributed by atoms with Crippen LogP contribution in [0.3, 0.4) is 0 Å². The minimum absolute atomic E-state index is 0.233. The van der Waals surface area contributed by atoms with Crippen LogP contribution in [0.1, 0.15) is 24.5 Å². The average Bonchev–Trinajstić information content (AvgIpc) is 2.90. The van der Waals surface area contributed by atoms with Crippen LogP contribution >= 0.6 is 0 Å². The van der Waals surface area contributed by atoms with Crippen LogP contribution in [0.4, 0.5) is 4.39 Å². The van der Waals surface area contributed by atoms with Crippen molar-refractivity contribution in [3.8, 4) is 11.5 Å². The quantitative estimate of drug-likeness (QED) is 0.637. The fourth-order valence-corrected chi connectivity index (χ4v) is 2.61. The first-order chi connectivity index (χ1) is 12.7. The highest BCUT2D eigenvalue weighted by molar-refractivity contribution is 5.79. The van der Waals surface area contributed by atoms with E-state index in [0.29, 0.717) is 32.3 Å². The van der Waals surface area contributed by atoms with Gasteiger partial charge in [-0.25, -0.2) is 9.38 Å². The normalized spacial score (nSPS) is 13.8. The zero-order chi connectivity index (χ0) is 18.2. The molecule has 0 saturated heterocycles. The summed E-state index contributed by atoms with van der Waals surface area (Å²) in [6, 6.07) is 12.3. The van der Waals surface area contributed by atoms with Crippen LogP contribution < -0.4 is 20.1 Å². The fourth-order valence-electron chi connectivity index (χ4n) is 2.61. The number of hydrogen-bond donors (Lipinski definition) is 2. The third-order valence-electron chi connectivity index (χ3n) is 3.95. The summed E-state index contributed by atoms with van der Waals surface area (Å²) in [5.74, 6) is 2.05. The molecule has 3 rings (SSSR count). The Kier molecular flexibility index (Phi) is 6.30. The van der Waals surface area contributed by atoms with Crippen molar-refractivity contribution >= 4 is 5.96 Å². The van der Waals surface area contributed by atoms with Gasteiger partial charge in [0.05, 0.1) is 19.8 Å². The van der Waals surface area contributed by atoms with Crippen LogP contribution in [0.5, 0.6) is 11.5 Å². The maximum absolute atomic E-state index is 13.0. The zero-order valence-electron chi connectivity index (χ0n) is 14.9. The van der Waals surface area contributed by atoms with Gasteiger partial charge < -0.3 is 20.1 Å². The van der Waals surface area contributed by atoms with E-state index in [9.17, 15) is 4.39 Å². The lowest BCUT2D eigenvalue weighted by Crippen LogP contribution is -2.36. The molecule has 2 N–H and O–H groups in total. The monoisotopic (exact) mass is 357 g/mol. The Morgan fingerprint density at radius 2 is 1.73 bits per heavy atom. The summed E-state index contributed by atoms with van der Waals surface area (Å²) in [6.07, 6.45) is 0.889. The number of hydrogen-bond acceptors (Lipinski definition) is 3. The molecule has 26 heavy (non-hydrogen) atoms. The van der Waals surface area contributed by atoms with Gasteiger partial charge in [-0.15, -0.1) is 0 Å². The molecule has 0 fully saturated rings. The van der Waals surface area contributed by atoms with Gasteiger partial charge >= 0.3 is 0 Å². The third-order valence-corrected chi connectivity index (χ3v) is 3.95. The lowest BCUT2D eigenvalue weighted by atomic mass is 10.2. The first-order valence-corrected chi connectivity index (χ1v) is 8.90. The van der Waals surface area contributed by atoms with E-state index in [0.717, 1.165) is 35.6 Å². The summed E-state index contributed by atoms with van der Waals surface area (Å²) in [5.41, 5.74) is 2.04. The minimum Gasteiger partial charge on any atom is -0.490 e. The lowest BCUT2D eigenvalue weighted by molar-refractivity contribution is 0.297. The molecule has 2 aromatic rings. The molecule has 5 nitrogen and oxygen atoms in total. The van der Waals surface area contributed by atoms with Gasteiger partial charge in [-0.1, -0.05) is 18.2 Å². The van der Waals surface area contributed by atoms with Crippen molar-refractivity contribution < 1.29 is 13.9 Å². The van der Waals surface area contributed by atoms with Crippen molar-refractivity contribution in [2.75, 3.05) is 19.8 Å². The number of ether oxygens (including phenoxy) is 2. The largest absolute Gasteiger partial charge is 0.490 e. The Labute approximate surface area is 153 Å². The summed E-state index contributed by atoms with van der Waals surface area (Å²) in [7, 11) is 0. The molecule has 2 aromatic carbocycles. The maximum Gasteiger partial charge on any atom is 0.191 e. The van der Waals surface area contributed by atoms with Gasteiger partial charge in [0.2, 0.25) is 0 Å².